The summed E-state index contributed by atoms with van der Waals surface area (Å²) in [5, 5.41) is 0. The summed E-state index contributed by atoms with van der Waals surface area (Å²) in [7, 11) is -3.38. The summed E-state index contributed by atoms with van der Waals surface area (Å²) in [5.41, 5.74) is 1.06. The number of nitrogens with one attached hydrogen (secondary N) is 2. The molecule has 120 valence electrons. The zero-order valence-corrected chi connectivity index (χ0v) is 13.3. The standard InChI is InChI=1S/C15H22N4O2S/c20-22(21,18-13-6-1-2-7-13)17-10-5-9-15-16-12-14-8-3-4-11-19(14)15/h3-4,8,11-13,17-18H,1-2,5-7,9-10H2. The van der Waals surface area contributed by atoms with Crippen molar-refractivity contribution >= 4 is 15.7 Å². The summed E-state index contributed by atoms with van der Waals surface area (Å²) < 4.78 is 31.2. The monoisotopic (exact) mass is 322 g/mol. The van der Waals surface area contributed by atoms with E-state index < -0.39 is 10.2 Å². The molecule has 0 amide bonds. The van der Waals surface area contributed by atoms with Gasteiger partial charge in [-0.2, -0.15) is 13.1 Å². The molecule has 3 rings (SSSR count). The lowest BCUT2D eigenvalue weighted by Gasteiger charge is -2.13. The first-order valence-electron chi connectivity index (χ1n) is 7.82. The second-order valence-corrected chi connectivity index (χ2v) is 7.30. The lowest BCUT2D eigenvalue weighted by atomic mass is 10.3. The van der Waals surface area contributed by atoms with Gasteiger partial charge in [-0.05, 0) is 31.4 Å². The number of rotatable bonds is 7. The van der Waals surface area contributed by atoms with Gasteiger partial charge in [0, 0.05) is 25.2 Å². The van der Waals surface area contributed by atoms with E-state index in [9.17, 15) is 8.42 Å². The van der Waals surface area contributed by atoms with Crippen LogP contribution in [0.2, 0.25) is 0 Å². The van der Waals surface area contributed by atoms with Gasteiger partial charge in [0.2, 0.25) is 0 Å². The van der Waals surface area contributed by atoms with Gasteiger partial charge in [-0.3, -0.25) is 0 Å². The third kappa shape index (κ3) is 3.85. The predicted molar refractivity (Wildman–Crippen MR) is 85.8 cm³/mol. The number of imidazole rings is 1. The fraction of sp³-hybridized carbons (Fsp3) is 0.533. The zero-order chi connectivity index (χ0) is 15.4. The minimum absolute atomic E-state index is 0.105. The van der Waals surface area contributed by atoms with E-state index in [0.717, 1.165) is 49.9 Å². The van der Waals surface area contributed by atoms with Crippen molar-refractivity contribution in [3.63, 3.8) is 0 Å². The molecular formula is C15H22N4O2S. The van der Waals surface area contributed by atoms with Crippen LogP contribution in [-0.2, 0) is 16.6 Å². The fourth-order valence-corrected chi connectivity index (χ4v) is 4.11. The van der Waals surface area contributed by atoms with Crippen LogP contribution >= 0.6 is 0 Å². The number of hydrogen-bond acceptors (Lipinski definition) is 3. The van der Waals surface area contributed by atoms with Gasteiger partial charge in [0.05, 0.1) is 11.7 Å². The molecule has 1 fully saturated rings. The Bertz CT molecular complexity index is 720. The number of aryl methyl sites for hydroxylation is 1. The Hall–Kier alpha value is -1.44. The van der Waals surface area contributed by atoms with E-state index in [2.05, 4.69) is 14.4 Å². The van der Waals surface area contributed by atoms with E-state index in [4.69, 9.17) is 0 Å². The molecule has 0 spiro atoms. The van der Waals surface area contributed by atoms with Gasteiger partial charge in [0.15, 0.2) is 0 Å². The van der Waals surface area contributed by atoms with Crippen molar-refractivity contribution in [3.05, 3.63) is 36.4 Å². The molecule has 6 nitrogen and oxygen atoms in total. The van der Waals surface area contributed by atoms with Crippen LogP contribution in [0.5, 0.6) is 0 Å². The van der Waals surface area contributed by atoms with E-state index in [1.54, 1.807) is 0 Å². The number of pyridine rings is 1. The van der Waals surface area contributed by atoms with Crippen molar-refractivity contribution in [2.75, 3.05) is 6.54 Å². The van der Waals surface area contributed by atoms with Crippen molar-refractivity contribution in [2.24, 2.45) is 0 Å². The van der Waals surface area contributed by atoms with Gasteiger partial charge < -0.3 is 4.40 Å². The summed E-state index contributed by atoms with van der Waals surface area (Å²) in [6.07, 6.45) is 9.39. The normalized spacial score (nSPS) is 16.5. The summed E-state index contributed by atoms with van der Waals surface area (Å²) in [4.78, 5) is 4.38. The topological polar surface area (TPSA) is 75.5 Å². The van der Waals surface area contributed by atoms with E-state index >= 15 is 0 Å². The molecule has 22 heavy (non-hydrogen) atoms. The second kappa shape index (κ2) is 6.76. The Morgan fingerprint density at radius 3 is 2.91 bits per heavy atom. The van der Waals surface area contributed by atoms with E-state index in [1.807, 2.05) is 35.0 Å². The van der Waals surface area contributed by atoms with Crippen LogP contribution in [0.4, 0.5) is 0 Å². The van der Waals surface area contributed by atoms with Crippen LogP contribution in [-0.4, -0.2) is 30.4 Å². The van der Waals surface area contributed by atoms with Crippen LogP contribution in [0.3, 0.4) is 0 Å². The molecule has 1 aliphatic carbocycles. The third-order valence-corrected chi connectivity index (χ3v) is 5.29. The molecule has 2 heterocycles. The third-order valence-electron chi connectivity index (χ3n) is 4.06. The van der Waals surface area contributed by atoms with E-state index in [1.165, 1.54) is 0 Å². The molecule has 0 bridgehead atoms. The highest BCUT2D eigenvalue weighted by molar-refractivity contribution is 7.87. The molecule has 2 aromatic rings. The molecule has 1 saturated carbocycles. The second-order valence-electron chi connectivity index (χ2n) is 5.77. The zero-order valence-electron chi connectivity index (χ0n) is 12.5. The Morgan fingerprint density at radius 1 is 1.27 bits per heavy atom. The molecular weight excluding hydrogens is 300 g/mol. The van der Waals surface area contributed by atoms with Crippen molar-refractivity contribution in [1.82, 2.24) is 18.8 Å². The fourth-order valence-electron chi connectivity index (χ4n) is 2.94. The molecule has 0 radical (unpaired) electrons. The first-order chi connectivity index (χ1) is 10.6. The van der Waals surface area contributed by atoms with Crippen LogP contribution in [0.25, 0.3) is 5.52 Å². The SMILES string of the molecule is O=S(=O)(NCCCc1ncc2ccccn12)NC1CCCC1. The minimum Gasteiger partial charge on any atom is -0.304 e. The summed E-state index contributed by atoms with van der Waals surface area (Å²) in [6, 6.07) is 6.05. The number of fused-ring (bicyclic) bond motifs is 1. The molecule has 0 atom stereocenters. The van der Waals surface area contributed by atoms with Crippen LogP contribution in [0.1, 0.15) is 37.9 Å². The highest BCUT2D eigenvalue weighted by atomic mass is 32.2. The average Bonchev–Trinajstić information content (AvgIpc) is 3.13. The van der Waals surface area contributed by atoms with Gasteiger partial charge >= 0.3 is 0 Å². The number of hydrogen-bond donors (Lipinski definition) is 2. The highest BCUT2D eigenvalue weighted by Gasteiger charge is 2.20. The molecule has 7 heteroatoms. The predicted octanol–water partition coefficient (Wildman–Crippen LogP) is 1.63. The maximum atomic E-state index is 11.9. The summed E-state index contributed by atoms with van der Waals surface area (Å²) in [6.45, 7) is 0.420. The molecule has 0 saturated heterocycles. The van der Waals surface area contributed by atoms with Crippen molar-refractivity contribution in [3.8, 4) is 0 Å². The Balaban J connectivity index is 1.47. The molecule has 0 unspecified atom stereocenters. The van der Waals surface area contributed by atoms with Crippen LogP contribution in [0, 0.1) is 0 Å². The van der Waals surface area contributed by atoms with Crippen molar-refractivity contribution < 1.29 is 8.42 Å². The number of aromatic nitrogens is 2. The maximum absolute atomic E-state index is 11.9. The first-order valence-corrected chi connectivity index (χ1v) is 9.30. The van der Waals surface area contributed by atoms with Crippen LogP contribution in [0.15, 0.2) is 30.6 Å². The first kappa shape index (κ1) is 15.5. The quantitative estimate of drug-likeness (QED) is 0.761. The van der Waals surface area contributed by atoms with E-state index in [-0.39, 0.29) is 6.04 Å². The summed E-state index contributed by atoms with van der Waals surface area (Å²) >= 11 is 0. The van der Waals surface area contributed by atoms with Gasteiger partial charge in [0.1, 0.15) is 5.82 Å². The molecule has 0 aromatic carbocycles. The Morgan fingerprint density at radius 2 is 2.09 bits per heavy atom. The molecule has 2 N–H and O–H groups in total. The van der Waals surface area contributed by atoms with Crippen molar-refractivity contribution in [1.29, 1.82) is 0 Å². The van der Waals surface area contributed by atoms with Gasteiger partial charge in [0.25, 0.3) is 10.2 Å². The maximum Gasteiger partial charge on any atom is 0.277 e. The molecule has 0 aliphatic heterocycles. The van der Waals surface area contributed by atoms with Gasteiger partial charge in [-0.25, -0.2) is 9.71 Å². The Kier molecular flexibility index (Phi) is 4.75. The lowest BCUT2D eigenvalue weighted by Crippen LogP contribution is -2.42. The number of nitrogens with zero attached hydrogens (tertiary/aromatic N) is 2. The minimum atomic E-state index is -3.38. The van der Waals surface area contributed by atoms with Crippen LogP contribution < -0.4 is 9.44 Å². The largest absolute Gasteiger partial charge is 0.304 e. The highest BCUT2D eigenvalue weighted by Crippen LogP contribution is 2.18. The Labute approximate surface area is 131 Å². The molecule has 1 aliphatic rings. The smallest absolute Gasteiger partial charge is 0.277 e. The van der Waals surface area contributed by atoms with E-state index in [0.29, 0.717) is 6.54 Å². The average molecular weight is 322 g/mol. The van der Waals surface area contributed by atoms with Crippen molar-refractivity contribution in [2.45, 2.75) is 44.6 Å². The molecule has 2 aromatic heterocycles. The lowest BCUT2D eigenvalue weighted by molar-refractivity contribution is 0.537. The van der Waals surface area contributed by atoms with Gasteiger partial charge in [-0.15, -0.1) is 0 Å². The van der Waals surface area contributed by atoms with Gasteiger partial charge in [-0.1, -0.05) is 18.9 Å². The summed E-state index contributed by atoms with van der Waals surface area (Å²) in [5.74, 6) is 0.957.